The predicted molar refractivity (Wildman–Crippen MR) is 63.7 cm³/mol. The molecule has 0 saturated heterocycles. The molecule has 0 unspecified atom stereocenters. The minimum atomic E-state index is 0.0580. The Morgan fingerprint density at radius 3 is 2.69 bits per heavy atom. The number of phenolic OH excluding ortho intramolecular Hbond substituents is 1. The zero-order valence-electron chi connectivity index (χ0n) is 9.37. The number of hydrogen-bond acceptors (Lipinski definition) is 4. The van der Waals surface area contributed by atoms with Crippen molar-refractivity contribution >= 4 is 17.2 Å². The summed E-state index contributed by atoms with van der Waals surface area (Å²) < 4.78 is 0. The van der Waals surface area contributed by atoms with Gasteiger partial charge in [-0.2, -0.15) is 0 Å². The molecule has 2 N–H and O–H groups in total. The highest BCUT2D eigenvalue weighted by Gasteiger charge is 2.27. The van der Waals surface area contributed by atoms with Crippen LogP contribution in [0.5, 0.6) is 5.75 Å². The van der Waals surface area contributed by atoms with Crippen molar-refractivity contribution < 1.29 is 9.90 Å². The number of hydrogen-bond donors (Lipinski definition) is 2. The molecule has 4 nitrogen and oxygen atoms in total. The van der Waals surface area contributed by atoms with Gasteiger partial charge >= 0.3 is 0 Å². The van der Waals surface area contributed by atoms with Gasteiger partial charge in [-0.3, -0.25) is 9.79 Å². The maximum Gasteiger partial charge on any atom is 0.166 e. The molecule has 0 bridgehead atoms. The van der Waals surface area contributed by atoms with E-state index in [9.17, 15) is 9.90 Å². The Hall–Kier alpha value is -1.84. The Balaban J connectivity index is 2.75. The molecule has 1 aliphatic rings. The highest BCUT2D eigenvalue weighted by atomic mass is 16.3. The van der Waals surface area contributed by atoms with Crippen LogP contribution in [0.4, 0.5) is 5.69 Å². The van der Waals surface area contributed by atoms with Crippen LogP contribution < -0.4 is 5.32 Å². The fourth-order valence-electron chi connectivity index (χ4n) is 2.09. The molecule has 4 heteroatoms. The summed E-state index contributed by atoms with van der Waals surface area (Å²) in [5.74, 6) is 0.185. The van der Waals surface area contributed by atoms with Gasteiger partial charge in [-0.05, 0) is 18.6 Å². The minimum Gasteiger partial charge on any atom is -0.507 e. The highest BCUT2D eigenvalue weighted by Crippen LogP contribution is 2.34. The van der Waals surface area contributed by atoms with E-state index in [-0.39, 0.29) is 11.5 Å². The van der Waals surface area contributed by atoms with Gasteiger partial charge in [0.25, 0.3) is 0 Å². The van der Waals surface area contributed by atoms with Gasteiger partial charge in [0, 0.05) is 31.9 Å². The number of Topliss-reactive ketones (excluding diaryl/α,β-unsaturated/α-hetero) is 1. The average molecular weight is 218 g/mol. The van der Waals surface area contributed by atoms with Crippen molar-refractivity contribution in [3.63, 3.8) is 0 Å². The van der Waals surface area contributed by atoms with Gasteiger partial charge in [-0.1, -0.05) is 0 Å². The Kier molecular flexibility index (Phi) is 2.64. The normalized spacial score (nSPS) is 17.4. The first-order valence-electron chi connectivity index (χ1n) is 5.22. The number of carbonyl (C=O) groups is 1. The number of fused-ring (bicyclic) bond motifs is 1. The van der Waals surface area contributed by atoms with Crippen LogP contribution in [0.2, 0.25) is 0 Å². The van der Waals surface area contributed by atoms with Crippen LogP contribution in [0.1, 0.15) is 28.8 Å². The van der Waals surface area contributed by atoms with Crippen LogP contribution in [0, 0.1) is 0 Å². The molecule has 2 rings (SSSR count). The zero-order valence-corrected chi connectivity index (χ0v) is 9.37. The number of aliphatic imine (C=N–C) groups is 1. The van der Waals surface area contributed by atoms with Gasteiger partial charge in [0.1, 0.15) is 5.75 Å². The van der Waals surface area contributed by atoms with E-state index >= 15 is 0 Å². The van der Waals surface area contributed by atoms with E-state index in [2.05, 4.69) is 10.3 Å². The minimum absolute atomic E-state index is 0.0580. The molecular weight excluding hydrogens is 204 g/mol. The Morgan fingerprint density at radius 2 is 2.06 bits per heavy atom. The second-order valence-electron chi connectivity index (χ2n) is 3.73. The number of ketones is 1. The lowest BCUT2D eigenvalue weighted by Gasteiger charge is -2.20. The van der Waals surface area contributed by atoms with Gasteiger partial charge in [-0.25, -0.2) is 0 Å². The summed E-state index contributed by atoms with van der Waals surface area (Å²) in [5.41, 5.74) is 2.70. The number of nitrogens with zero attached hydrogens (tertiary/aromatic N) is 1. The molecule has 84 valence electrons. The lowest BCUT2D eigenvalue weighted by molar-refractivity contribution is 0.0982. The number of phenols is 1. The van der Waals surface area contributed by atoms with E-state index in [4.69, 9.17) is 0 Å². The fraction of sp³-hybridized carbons (Fsp3) is 0.333. The third-order valence-corrected chi connectivity index (χ3v) is 2.88. The van der Waals surface area contributed by atoms with Gasteiger partial charge in [-0.15, -0.1) is 0 Å². The number of rotatable bonds is 1. The summed E-state index contributed by atoms with van der Waals surface area (Å²) in [4.78, 5) is 16.0. The molecule has 0 fully saturated rings. The van der Waals surface area contributed by atoms with Crippen molar-refractivity contribution in [1.82, 2.24) is 0 Å². The second kappa shape index (κ2) is 3.96. The number of carbonyl (C=O) groups excluding carboxylic acids is 1. The number of benzene rings is 1. The van der Waals surface area contributed by atoms with Crippen LogP contribution in [0.25, 0.3) is 0 Å². The number of anilines is 1. The third-order valence-electron chi connectivity index (χ3n) is 2.88. The molecule has 0 spiro atoms. The molecule has 0 aliphatic heterocycles. The standard InChI is InChI=1S/C12H14N2O2/c1-13-7-3-5-10(16)12-8(14-2)4-6-9(15)11(7)12/h3,5,13,16H,4,6H2,1-2H3. The molecule has 0 aromatic heterocycles. The Bertz CT molecular complexity index is 478. The van der Waals surface area contributed by atoms with E-state index in [1.165, 1.54) is 0 Å². The molecule has 0 radical (unpaired) electrons. The maximum atomic E-state index is 11.9. The monoisotopic (exact) mass is 218 g/mol. The number of nitrogens with one attached hydrogen (secondary N) is 1. The van der Waals surface area contributed by atoms with Crippen LogP contribution in [-0.4, -0.2) is 30.7 Å². The quantitative estimate of drug-likeness (QED) is 0.707. The second-order valence-corrected chi connectivity index (χ2v) is 3.73. The largest absolute Gasteiger partial charge is 0.507 e. The highest BCUT2D eigenvalue weighted by molar-refractivity contribution is 6.19. The first kappa shape index (κ1) is 10.7. The van der Waals surface area contributed by atoms with E-state index in [1.54, 1.807) is 26.2 Å². The lowest BCUT2D eigenvalue weighted by atomic mass is 9.87. The van der Waals surface area contributed by atoms with E-state index in [0.717, 1.165) is 11.4 Å². The fourth-order valence-corrected chi connectivity index (χ4v) is 2.09. The van der Waals surface area contributed by atoms with Crippen molar-refractivity contribution in [1.29, 1.82) is 0 Å². The lowest BCUT2D eigenvalue weighted by Crippen LogP contribution is -2.19. The van der Waals surface area contributed by atoms with Crippen molar-refractivity contribution in [2.24, 2.45) is 4.99 Å². The average Bonchev–Trinajstić information content (AvgIpc) is 2.31. The van der Waals surface area contributed by atoms with Crippen LogP contribution in [0.3, 0.4) is 0 Å². The van der Waals surface area contributed by atoms with Crippen LogP contribution in [-0.2, 0) is 0 Å². The molecular formula is C12H14N2O2. The van der Waals surface area contributed by atoms with Gasteiger partial charge in [0.15, 0.2) is 5.78 Å². The molecule has 0 heterocycles. The van der Waals surface area contributed by atoms with E-state index in [0.29, 0.717) is 24.0 Å². The number of aromatic hydroxyl groups is 1. The zero-order chi connectivity index (χ0) is 11.7. The van der Waals surface area contributed by atoms with Crippen molar-refractivity contribution in [3.05, 3.63) is 23.3 Å². The SMILES string of the molecule is CN=C1CCC(=O)c2c(NC)ccc(O)c21. The molecule has 1 aromatic rings. The summed E-state index contributed by atoms with van der Waals surface area (Å²) in [6.45, 7) is 0. The summed E-state index contributed by atoms with van der Waals surface area (Å²) in [7, 11) is 3.44. The summed E-state index contributed by atoms with van der Waals surface area (Å²) in [6, 6.07) is 3.30. The summed E-state index contributed by atoms with van der Waals surface area (Å²) >= 11 is 0. The summed E-state index contributed by atoms with van der Waals surface area (Å²) in [6.07, 6.45) is 1.06. The molecule has 1 aromatic carbocycles. The molecule has 0 amide bonds. The molecule has 0 atom stereocenters. The smallest absolute Gasteiger partial charge is 0.166 e. The van der Waals surface area contributed by atoms with Crippen LogP contribution >= 0.6 is 0 Å². The summed E-state index contributed by atoms with van der Waals surface area (Å²) in [5, 5.41) is 12.8. The first-order chi connectivity index (χ1) is 7.69. The predicted octanol–water partition coefficient (Wildman–Crippen LogP) is 1.83. The van der Waals surface area contributed by atoms with Crippen LogP contribution in [0.15, 0.2) is 17.1 Å². The third kappa shape index (κ3) is 1.46. The van der Waals surface area contributed by atoms with Gasteiger partial charge in [0.2, 0.25) is 0 Å². The van der Waals surface area contributed by atoms with Crippen molar-refractivity contribution in [2.45, 2.75) is 12.8 Å². The van der Waals surface area contributed by atoms with Gasteiger partial charge < -0.3 is 10.4 Å². The Labute approximate surface area is 94.0 Å². The van der Waals surface area contributed by atoms with E-state index in [1.807, 2.05) is 0 Å². The molecule has 0 saturated carbocycles. The molecule has 16 heavy (non-hydrogen) atoms. The van der Waals surface area contributed by atoms with Crippen molar-refractivity contribution in [2.75, 3.05) is 19.4 Å². The van der Waals surface area contributed by atoms with Crippen molar-refractivity contribution in [3.8, 4) is 5.75 Å². The van der Waals surface area contributed by atoms with E-state index < -0.39 is 0 Å². The first-order valence-corrected chi connectivity index (χ1v) is 5.22. The topological polar surface area (TPSA) is 61.7 Å². The Morgan fingerprint density at radius 1 is 1.31 bits per heavy atom. The molecule has 1 aliphatic carbocycles. The van der Waals surface area contributed by atoms with Gasteiger partial charge in [0.05, 0.1) is 11.1 Å². The maximum absolute atomic E-state index is 11.9.